The van der Waals surface area contributed by atoms with Crippen molar-refractivity contribution in [1.29, 1.82) is 0 Å². The quantitative estimate of drug-likeness (QED) is 0.630. The molecule has 0 fully saturated rings. The van der Waals surface area contributed by atoms with Crippen molar-refractivity contribution in [3.05, 3.63) is 53.5 Å². The molecule has 0 saturated heterocycles. The summed E-state index contributed by atoms with van der Waals surface area (Å²) in [4.78, 5) is 0. The summed E-state index contributed by atoms with van der Waals surface area (Å²) in [6.45, 7) is 8.13. The zero-order valence-corrected chi connectivity index (χ0v) is 14.6. The minimum Gasteiger partial charge on any atom is -1.00 e. The molecule has 4 heteroatoms. The van der Waals surface area contributed by atoms with Crippen LogP contribution in [-0.2, 0) is 6.54 Å². The third kappa shape index (κ3) is 6.40. The van der Waals surface area contributed by atoms with Gasteiger partial charge in [-0.2, -0.15) is 0 Å². The Bertz CT molecular complexity index is 639. The zero-order valence-electron chi connectivity index (χ0n) is 13.9. The fourth-order valence-electron chi connectivity index (χ4n) is 2.13. The topological polar surface area (TPSA) is 34.4 Å². The van der Waals surface area contributed by atoms with Crippen molar-refractivity contribution in [1.82, 2.24) is 5.32 Å². The van der Waals surface area contributed by atoms with E-state index < -0.39 is 0 Å². The second-order valence-corrected chi connectivity index (χ2v) is 5.52. The van der Waals surface area contributed by atoms with E-state index in [0.29, 0.717) is 25.6 Å². The summed E-state index contributed by atoms with van der Waals surface area (Å²) in [7, 11) is 0. The van der Waals surface area contributed by atoms with Crippen LogP contribution in [0.5, 0.6) is 5.75 Å². The first-order valence-electron chi connectivity index (χ1n) is 7.59. The molecule has 0 amide bonds. The van der Waals surface area contributed by atoms with Gasteiger partial charge in [0.15, 0.2) is 0 Å². The van der Waals surface area contributed by atoms with Gasteiger partial charge in [-0.25, -0.2) is 0 Å². The first-order valence-corrected chi connectivity index (χ1v) is 7.59. The fraction of sp³-hybridized carbons (Fsp3) is 0.368. The molecule has 1 aromatic heterocycles. The van der Waals surface area contributed by atoms with Gasteiger partial charge in [-0.15, -0.1) is 0 Å². The molecule has 2 aromatic rings. The predicted molar refractivity (Wildman–Crippen MR) is 89.0 cm³/mol. The maximum Gasteiger partial charge on any atom is 0.149 e. The number of hydrogen-bond acceptors (Lipinski definition) is 3. The van der Waals surface area contributed by atoms with Crippen molar-refractivity contribution >= 4 is 0 Å². The predicted octanol–water partition coefficient (Wildman–Crippen LogP) is 0.887. The van der Waals surface area contributed by atoms with Crippen molar-refractivity contribution < 1.29 is 21.6 Å². The second-order valence-electron chi connectivity index (χ2n) is 5.52. The summed E-state index contributed by atoms with van der Waals surface area (Å²) in [6.07, 6.45) is 1.67. The number of halogens is 1. The van der Waals surface area contributed by atoms with Crippen molar-refractivity contribution in [3.63, 3.8) is 0 Å². The molecule has 0 aliphatic heterocycles. The van der Waals surface area contributed by atoms with Gasteiger partial charge in [0.25, 0.3) is 0 Å². The number of benzene rings is 1. The average molecular weight is 333 g/mol. The van der Waals surface area contributed by atoms with Gasteiger partial charge >= 0.3 is 0 Å². The smallest absolute Gasteiger partial charge is 0.149 e. The molecule has 2 rings (SSSR count). The molecule has 3 nitrogen and oxygen atoms in total. The summed E-state index contributed by atoms with van der Waals surface area (Å²) in [5.74, 6) is 8.38. The average Bonchev–Trinajstić information content (AvgIpc) is 2.99. The molecule has 0 radical (unpaired) electrons. The summed E-state index contributed by atoms with van der Waals surface area (Å²) in [6, 6.07) is 10.1. The summed E-state index contributed by atoms with van der Waals surface area (Å²) >= 11 is 0. The molecule has 0 unspecified atom stereocenters. The fourth-order valence-corrected chi connectivity index (χ4v) is 2.13. The van der Waals surface area contributed by atoms with E-state index in [4.69, 9.17) is 9.15 Å². The molecule has 1 N–H and O–H groups in total. The highest BCUT2D eigenvalue weighted by atomic mass is 35.5. The molecule has 0 bridgehead atoms. The lowest BCUT2D eigenvalue weighted by Crippen LogP contribution is -3.00. The van der Waals surface area contributed by atoms with Crippen LogP contribution in [-0.4, -0.2) is 13.2 Å². The van der Waals surface area contributed by atoms with Crippen LogP contribution >= 0.6 is 0 Å². The Hall–Kier alpha value is -1.89. The second kappa shape index (κ2) is 9.99. The van der Waals surface area contributed by atoms with Crippen molar-refractivity contribution in [2.75, 3.05) is 13.2 Å². The number of aryl methyl sites for hydroxylation is 1. The van der Waals surface area contributed by atoms with Gasteiger partial charge in [0.2, 0.25) is 0 Å². The monoisotopic (exact) mass is 332 g/mol. The number of hydrogen-bond donors (Lipinski definition) is 1. The highest BCUT2D eigenvalue weighted by Crippen LogP contribution is 2.27. The van der Waals surface area contributed by atoms with Crippen LogP contribution < -0.4 is 22.5 Å². The first-order chi connectivity index (χ1) is 10.7. The number of furan rings is 1. The van der Waals surface area contributed by atoms with E-state index in [9.17, 15) is 0 Å². The Kier molecular flexibility index (Phi) is 8.32. The Morgan fingerprint density at radius 3 is 2.74 bits per heavy atom. The standard InChI is InChI=1S/C19H23NO2.ClH/c1-15(2)18-9-8-16(3)13-19(18)22-11-5-4-10-20-14-17-7-6-12-21-17;/h6-9,12-13,15,20H,10-11,14H2,1-3H3;1H/p-1. The number of nitrogens with one attached hydrogen (secondary N) is 1. The highest BCUT2D eigenvalue weighted by Gasteiger charge is 2.07. The zero-order chi connectivity index (χ0) is 15.8. The van der Waals surface area contributed by atoms with E-state index in [1.165, 1.54) is 11.1 Å². The van der Waals surface area contributed by atoms with Crippen molar-refractivity contribution in [3.8, 4) is 17.6 Å². The van der Waals surface area contributed by atoms with Crippen molar-refractivity contribution in [2.45, 2.75) is 33.2 Å². The van der Waals surface area contributed by atoms with Gasteiger partial charge in [-0.05, 0) is 42.2 Å². The van der Waals surface area contributed by atoms with E-state index in [1.54, 1.807) is 6.26 Å². The van der Waals surface area contributed by atoms with Gasteiger partial charge in [0.1, 0.15) is 18.1 Å². The van der Waals surface area contributed by atoms with Gasteiger partial charge < -0.3 is 21.6 Å². The maximum atomic E-state index is 5.81. The molecular weight excluding hydrogens is 310 g/mol. The van der Waals surface area contributed by atoms with Crippen LogP contribution in [0.25, 0.3) is 0 Å². The normalized spacial score (nSPS) is 9.91. The van der Waals surface area contributed by atoms with Crippen LogP contribution in [0.1, 0.15) is 36.7 Å². The molecule has 0 aliphatic carbocycles. The Morgan fingerprint density at radius 1 is 1.22 bits per heavy atom. The Labute approximate surface area is 144 Å². The minimum atomic E-state index is 0. The molecule has 0 spiro atoms. The van der Waals surface area contributed by atoms with Crippen LogP contribution in [0.3, 0.4) is 0 Å². The molecule has 124 valence electrons. The lowest BCUT2D eigenvalue weighted by atomic mass is 10.0. The first kappa shape index (κ1) is 19.2. The summed E-state index contributed by atoms with van der Waals surface area (Å²) in [5, 5.41) is 3.20. The van der Waals surface area contributed by atoms with Gasteiger partial charge in [0, 0.05) is 0 Å². The largest absolute Gasteiger partial charge is 1.00 e. The lowest BCUT2D eigenvalue weighted by Gasteiger charge is -2.13. The van der Waals surface area contributed by atoms with E-state index in [1.807, 2.05) is 12.1 Å². The van der Waals surface area contributed by atoms with Gasteiger partial charge in [0.05, 0.1) is 19.4 Å². The summed E-state index contributed by atoms with van der Waals surface area (Å²) in [5.41, 5.74) is 2.43. The molecule has 0 saturated carbocycles. The Balaban J connectivity index is 0.00000264. The van der Waals surface area contributed by atoms with Crippen molar-refractivity contribution in [2.24, 2.45) is 0 Å². The molecule has 0 aliphatic rings. The van der Waals surface area contributed by atoms with Crippen LogP contribution in [0.4, 0.5) is 0 Å². The minimum absolute atomic E-state index is 0. The molecule has 0 atom stereocenters. The van der Waals surface area contributed by atoms with Gasteiger partial charge in [-0.1, -0.05) is 37.8 Å². The third-order valence-corrected chi connectivity index (χ3v) is 3.31. The Morgan fingerprint density at radius 2 is 2.04 bits per heavy atom. The molecular formula is C19H23ClNO2-. The van der Waals surface area contributed by atoms with E-state index in [2.05, 4.69) is 56.1 Å². The lowest BCUT2D eigenvalue weighted by molar-refractivity contribution is -0.00000565. The van der Waals surface area contributed by atoms with Crippen LogP contribution in [0.15, 0.2) is 41.0 Å². The number of ether oxygens (including phenoxy) is 1. The number of rotatable bonds is 6. The van der Waals surface area contributed by atoms with Crippen LogP contribution in [0, 0.1) is 18.8 Å². The van der Waals surface area contributed by atoms with E-state index in [0.717, 1.165) is 11.5 Å². The molecule has 1 heterocycles. The molecule has 23 heavy (non-hydrogen) atoms. The third-order valence-electron chi connectivity index (χ3n) is 3.31. The van der Waals surface area contributed by atoms with Gasteiger partial charge in [-0.3, -0.25) is 5.32 Å². The van der Waals surface area contributed by atoms with Crippen LogP contribution in [0.2, 0.25) is 0 Å². The van der Waals surface area contributed by atoms with E-state index >= 15 is 0 Å². The summed E-state index contributed by atoms with van der Waals surface area (Å²) < 4.78 is 11.0. The van der Waals surface area contributed by atoms with E-state index in [-0.39, 0.29) is 12.4 Å². The highest BCUT2D eigenvalue weighted by molar-refractivity contribution is 5.39. The maximum absolute atomic E-state index is 5.81. The molecule has 1 aromatic carbocycles. The SMILES string of the molecule is Cc1ccc(C(C)C)c(OCC#CCNCc2ccco2)c1.[Cl-].